The third-order valence-corrected chi connectivity index (χ3v) is 9.76. The Morgan fingerprint density at radius 2 is 1.71 bits per heavy atom. The number of halogens is 1. The van der Waals surface area contributed by atoms with E-state index in [9.17, 15) is 10.5 Å². The fourth-order valence-corrected chi connectivity index (χ4v) is 8.44. The van der Waals surface area contributed by atoms with Crippen molar-refractivity contribution < 1.29 is 0 Å². The topological polar surface area (TPSA) is 86.0 Å². The number of hydrogen-bond donors (Lipinski definition) is 1. The number of thioether (sulfide) groups is 2. The summed E-state index contributed by atoms with van der Waals surface area (Å²) in [5.74, 6) is 1.86. The largest absolute Gasteiger partial charge is 0.386 e. The molecule has 0 radical (unpaired) electrons. The summed E-state index contributed by atoms with van der Waals surface area (Å²) in [7, 11) is 0. The van der Waals surface area contributed by atoms with Crippen LogP contribution in [0.2, 0.25) is 0 Å². The van der Waals surface area contributed by atoms with Crippen LogP contribution in [-0.4, -0.2) is 21.5 Å². The van der Waals surface area contributed by atoms with E-state index in [1.807, 2.05) is 24.3 Å². The van der Waals surface area contributed by atoms with Gasteiger partial charge in [-0.2, -0.15) is 10.5 Å². The molecule has 3 rings (SSSR count). The number of rotatable bonds is 9. The van der Waals surface area contributed by atoms with Crippen LogP contribution >= 0.6 is 39.5 Å². The fraction of sp³-hybridized carbons (Fsp3) is 0.571. The Morgan fingerprint density at radius 3 is 2.21 bits per heavy atom. The minimum atomic E-state index is -1.05. The molecule has 1 saturated carbocycles. The molecule has 0 spiro atoms. The minimum Gasteiger partial charge on any atom is -0.386 e. The molecule has 1 aliphatic carbocycles. The number of hydrogen-bond acceptors (Lipinski definition) is 6. The first-order chi connectivity index (χ1) is 13.5. The van der Waals surface area contributed by atoms with E-state index >= 15 is 0 Å². The molecule has 1 aromatic carbocycles. The van der Waals surface area contributed by atoms with Crippen molar-refractivity contribution in [3.8, 4) is 12.1 Å². The lowest BCUT2D eigenvalue weighted by atomic mass is 9.97. The van der Waals surface area contributed by atoms with Crippen LogP contribution in [0, 0.1) is 33.5 Å². The van der Waals surface area contributed by atoms with E-state index < -0.39 is 15.0 Å². The average Bonchev–Trinajstić information content (AvgIpc) is 3.26. The van der Waals surface area contributed by atoms with Crippen molar-refractivity contribution in [2.75, 3.05) is 11.5 Å². The van der Waals surface area contributed by atoms with E-state index in [0.29, 0.717) is 5.84 Å². The van der Waals surface area contributed by atoms with Crippen LogP contribution in [0.1, 0.15) is 51.0 Å². The smallest absolute Gasteiger partial charge is 0.175 e. The standard InChI is InChI=1S/C21H25BrN4S2/c1-3-5-11-27-21(28-12-6-4-2)20(14-24)17(15-9-7-8-10-16(15)22)19(20,13-23)18(25)26-21/h7-10,17H,3-6,11-12H2,1-2H3,(H2,25,26). The first-order valence-electron chi connectivity index (χ1n) is 9.72. The quantitative estimate of drug-likeness (QED) is 0.367. The molecule has 3 atom stereocenters. The Labute approximate surface area is 184 Å². The molecule has 2 N–H and O–H groups in total. The van der Waals surface area contributed by atoms with Crippen molar-refractivity contribution in [2.24, 2.45) is 21.6 Å². The van der Waals surface area contributed by atoms with Crippen molar-refractivity contribution >= 4 is 45.3 Å². The Kier molecular flexibility index (Phi) is 6.39. The predicted molar refractivity (Wildman–Crippen MR) is 122 cm³/mol. The van der Waals surface area contributed by atoms with Crippen molar-refractivity contribution in [1.82, 2.24) is 0 Å². The molecule has 2 aliphatic rings. The highest BCUT2D eigenvalue weighted by molar-refractivity contribution is 9.10. The minimum absolute atomic E-state index is 0.272. The second-order valence-electron chi connectivity index (χ2n) is 7.28. The van der Waals surface area contributed by atoms with Crippen molar-refractivity contribution in [2.45, 2.75) is 49.7 Å². The van der Waals surface area contributed by atoms with Crippen LogP contribution in [0.3, 0.4) is 0 Å². The number of amidine groups is 1. The summed E-state index contributed by atoms with van der Waals surface area (Å²) in [4.78, 5) is 4.85. The molecule has 3 unspecified atom stereocenters. The zero-order valence-corrected chi connectivity index (χ0v) is 19.5. The summed E-state index contributed by atoms with van der Waals surface area (Å²) in [6, 6.07) is 12.9. The summed E-state index contributed by atoms with van der Waals surface area (Å²) >= 11 is 7.04. The van der Waals surface area contributed by atoms with Crippen LogP contribution in [0.15, 0.2) is 33.7 Å². The Morgan fingerprint density at radius 1 is 1.11 bits per heavy atom. The molecule has 1 aliphatic heterocycles. The maximum Gasteiger partial charge on any atom is 0.175 e. The number of nitriles is 2. The van der Waals surface area contributed by atoms with Gasteiger partial charge in [0.15, 0.2) is 4.20 Å². The average molecular weight is 477 g/mol. The van der Waals surface area contributed by atoms with Gasteiger partial charge < -0.3 is 5.73 Å². The summed E-state index contributed by atoms with van der Waals surface area (Å²) in [5.41, 5.74) is 5.40. The second-order valence-corrected chi connectivity index (χ2v) is 11.0. The number of fused-ring (bicyclic) bond motifs is 1. The van der Waals surface area contributed by atoms with E-state index in [4.69, 9.17) is 10.7 Å². The number of nitrogens with zero attached hydrogens (tertiary/aromatic N) is 3. The van der Waals surface area contributed by atoms with Crippen LogP contribution in [0.25, 0.3) is 0 Å². The molecule has 4 nitrogen and oxygen atoms in total. The van der Waals surface area contributed by atoms with Gasteiger partial charge in [-0.1, -0.05) is 60.8 Å². The third kappa shape index (κ3) is 2.82. The van der Waals surface area contributed by atoms with E-state index in [0.717, 1.165) is 47.2 Å². The molecule has 1 heterocycles. The van der Waals surface area contributed by atoms with Gasteiger partial charge in [0.25, 0.3) is 0 Å². The monoisotopic (exact) mass is 476 g/mol. The molecule has 0 bridgehead atoms. The van der Waals surface area contributed by atoms with E-state index in [-0.39, 0.29) is 5.92 Å². The van der Waals surface area contributed by atoms with Crippen molar-refractivity contribution in [3.05, 3.63) is 34.3 Å². The zero-order chi connectivity index (χ0) is 20.4. The number of unbranched alkanes of at least 4 members (excludes halogenated alkanes) is 2. The van der Waals surface area contributed by atoms with Crippen LogP contribution in [-0.2, 0) is 0 Å². The maximum atomic E-state index is 10.5. The van der Waals surface area contributed by atoms with Gasteiger partial charge in [0, 0.05) is 10.4 Å². The number of nitrogens with two attached hydrogens (primary N) is 1. The van der Waals surface area contributed by atoms with Gasteiger partial charge in [0.05, 0.1) is 12.1 Å². The first-order valence-corrected chi connectivity index (χ1v) is 12.5. The van der Waals surface area contributed by atoms with Gasteiger partial charge >= 0.3 is 0 Å². The highest BCUT2D eigenvalue weighted by Crippen LogP contribution is 2.85. The Bertz CT molecular complexity index is 849. The van der Waals surface area contributed by atoms with E-state index in [1.165, 1.54) is 0 Å². The van der Waals surface area contributed by atoms with E-state index in [2.05, 4.69) is 41.9 Å². The van der Waals surface area contributed by atoms with Crippen molar-refractivity contribution in [1.29, 1.82) is 10.5 Å². The summed E-state index contributed by atoms with van der Waals surface area (Å²) in [6.07, 6.45) is 4.27. The summed E-state index contributed by atoms with van der Waals surface area (Å²) < 4.78 is 0.184. The Balaban J connectivity index is 2.12. The lowest BCUT2D eigenvalue weighted by molar-refractivity contribution is 0.562. The molecular weight excluding hydrogens is 452 g/mol. The second kappa shape index (κ2) is 8.30. The lowest BCUT2D eigenvalue weighted by Gasteiger charge is -2.32. The maximum absolute atomic E-state index is 10.5. The molecule has 0 amide bonds. The van der Waals surface area contributed by atoms with Crippen molar-refractivity contribution in [3.63, 3.8) is 0 Å². The predicted octanol–water partition coefficient (Wildman–Crippen LogP) is 5.66. The van der Waals surface area contributed by atoms with Crippen LogP contribution in [0.4, 0.5) is 0 Å². The fourth-order valence-electron chi connectivity index (χ4n) is 4.24. The molecule has 148 valence electrons. The number of benzene rings is 1. The van der Waals surface area contributed by atoms with Crippen LogP contribution in [0.5, 0.6) is 0 Å². The molecule has 0 saturated heterocycles. The first kappa shape index (κ1) is 21.6. The Hall–Kier alpha value is -1.15. The summed E-state index contributed by atoms with van der Waals surface area (Å²) in [5, 5.41) is 20.7. The SMILES string of the molecule is CCCCSC1(SCCCC)N=C(N)C2(C#N)C(c3ccccc3Br)C12C#N. The van der Waals surface area contributed by atoms with Gasteiger partial charge in [0.2, 0.25) is 0 Å². The van der Waals surface area contributed by atoms with E-state index in [1.54, 1.807) is 23.5 Å². The highest BCUT2D eigenvalue weighted by atomic mass is 79.9. The van der Waals surface area contributed by atoms with Gasteiger partial charge in [-0.25, -0.2) is 4.99 Å². The molecule has 7 heteroatoms. The molecule has 1 fully saturated rings. The van der Waals surface area contributed by atoms with Crippen LogP contribution < -0.4 is 5.73 Å². The molecular formula is C21H25BrN4S2. The number of aliphatic imine (C=N–C) groups is 1. The van der Waals surface area contributed by atoms with Gasteiger partial charge in [-0.05, 0) is 36.0 Å². The molecule has 28 heavy (non-hydrogen) atoms. The molecule has 0 aromatic heterocycles. The lowest BCUT2D eigenvalue weighted by Crippen LogP contribution is -2.32. The third-order valence-electron chi connectivity index (χ3n) is 5.73. The zero-order valence-electron chi connectivity index (χ0n) is 16.2. The summed E-state index contributed by atoms with van der Waals surface area (Å²) in [6.45, 7) is 4.31. The van der Waals surface area contributed by atoms with Gasteiger partial charge in [-0.15, -0.1) is 23.5 Å². The molecule has 1 aromatic rings. The highest BCUT2D eigenvalue weighted by Gasteiger charge is 2.92. The van der Waals surface area contributed by atoms with Gasteiger partial charge in [-0.3, -0.25) is 0 Å². The van der Waals surface area contributed by atoms with Gasteiger partial charge in [0.1, 0.15) is 16.7 Å². The normalized spacial score (nSPS) is 29.5.